The zero-order valence-electron chi connectivity index (χ0n) is 11.1. The molecular formula is C15H12BrClFNO2. The third kappa shape index (κ3) is 3.74. The Labute approximate surface area is 135 Å². The lowest BCUT2D eigenvalue weighted by molar-refractivity contribution is 0.0599. The van der Waals surface area contributed by atoms with E-state index in [9.17, 15) is 9.18 Å². The molecule has 2 aromatic carbocycles. The largest absolute Gasteiger partial charge is 0.465 e. The Morgan fingerprint density at radius 1 is 1.38 bits per heavy atom. The summed E-state index contributed by atoms with van der Waals surface area (Å²) < 4.78 is 18.4. The first-order valence-electron chi connectivity index (χ1n) is 6.07. The molecule has 0 heterocycles. The molecule has 0 bridgehead atoms. The van der Waals surface area contributed by atoms with Crippen LogP contribution in [0.1, 0.15) is 15.9 Å². The molecule has 0 aliphatic carbocycles. The summed E-state index contributed by atoms with van der Waals surface area (Å²) >= 11 is 9.26. The molecule has 0 amide bonds. The second kappa shape index (κ2) is 6.91. The van der Waals surface area contributed by atoms with Crippen molar-refractivity contribution in [1.82, 2.24) is 0 Å². The van der Waals surface area contributed by atoms with Gasteiger partial charge in [-0.15, -0.1) is 0 Å². The van der Waals surface area contributed by atoms with Crippen molar-refractivity contribution >= 4 is 39.2 Å². The molecule has 2 aromatic rings. The van der Waals surface area contributed by atoms with Gasteiger partial charge in [0.25, 0.3) is 0 Å². The van der Waals surface area contributed by atoms with Gasteiger partial charge in [-0.3, -0.25) is 0 Å². The lowest BCUT2D eigenvalue weighted by Crippen LogP contribution is -2.09. The van der Waals surface area contributed by atoms with E-state index in [0.717, 1.165) is 5.56 Å². The van der Waals surface area contributed by atoms with Gasteiger partial charge in [-0.1, -0.05) is 29.8 Å². The highest BCUT2D eigenvalue weighted by Gasteiger charge is 2.12. The summed E-state index contributed by atoms with van der Waals surface area (Å²) in [6, 6.07) is 9.62. The molecule has 0 fully saturated rings. The highest BCUT2D eigenvalue weighted by molar-refractivity contribution is 9.10. The molecule has 21 heavy (non-hydrogen) atoms. The second-order valence-electron chi connectivity index (χ2n) is 4.25. The predicted octanol–water partition coefficient (Wildman–Crippen LogP) is 4.64. The van der Waals surface area contributed by atoms with Crippen molar-refractivity contribution in [3.05, 3.63) is 62.8 Å². The second-order valence-corrected chi connectivity index (χ2v) is 5.51. The van der Waals surface area contributed by atoms with Gasteiger partial charge >= 0.3 is 5.97 Å². The van der Waals surface area contributed by atoms with E-state index >= 15 is 0 Å². The van der Waals surface area contributed by atoms with E-state index < -0.39 is 11.8 Å². The molecule has 110 valence electrons. The van der Waals surface area contributed by atoms with Crippen molar-refractivity contribution in [2.45, 2.75) is 6.54 Å². The minimum atomic E-state index is -0.424. The number of hydrogen-bond acceptors (Lipinski definition) is 3. The Morgan fingerprint density at radius 2 is 2.10 bits per heavy atom. The molecule has 0 saturated carbocycles. The van der Waals surface area contributed by atoms with Crippen LogP contribution in [0, 0.1) is 5.82 Å². The number of carbonyl (C=O) groups excluding carboxylic acids is 1. The van der Waals surface area contributed by atoms with Crippen molar-refractivity contribution in [3.63, 3.8) is 0 Å². The topological polar surface area (TPSA) is 38.3 Å². The Morgan fingerprint density at radius 3 is 2.76 bits per heavy atom. The van der Waals surface area contributed by atoms with Gasteiger partial charge < -0.3 is 10.1 Å². The zero-order valence-corrected chi connectivity index (χ0v) is 13.5. The van der Waals surface area contributed by atoms with Gasteiger partial charge in [0, 0.05) is 11.0 Å². The third-order valence-corrected chi connectivity index (χ3v) is 3.81. The SMILES string of the molecule is COC(=O)c1ccccc1CNc1c(Cl)cc(F)cc1Br. The molecule has 1 N–H and O–H groups in total. The van der Waals surface area contributed by atoms with Crippen LogP contribution >= 0.6 is 27.5 Å². The average molecular weight is 373 g/mol. The zero-order chi connectivity index (χ0) is 15.4. The number of esters is 1. The van der Waals surface area contributed by atoms with Gasteiger partial charge in [-0.25, -0.2) is 9.18 Å². The highest BCUT2D eigenvalue weighted by atomic mass is 79.9. The molecule has 0 aromatic heterocycles. The number of rotatable bonds is 4. The van der Waals surface area contributed by atoms with Gasteiger partial charge in [0.2, 0.25) is 0 Å². The number of anilines is 1. The van der Waals surface area contributed by atoms with E-state index in [2.05, 4.69) is 21.2 Å². The Bertz CT molecular complexity index is 655. The van der Waals surface area contributed by atoms with E-state index in [1.165, 1.54) is 19.2 Å². The van der Waals surface area contributed by atoms with E-state index in [1.54, 1.807) is 12.1 Å². The molecule has 3 nitrogen and oxygen atoms in total. The lowest BCUT2D eigenvalue weighted by Gasteiger charge is -2.13. The maximum Gasteiger partial charge on any atom is 0.338 e. The maximum atomic E-state index is 13.2. The molecule has 0 radical (unpaired) electrons. The monoisotopic (exact) mass is 371 g/mol. The van der Waals surface area contributed by atoms with Crippen molar-refractivity contribution in [2.24, 2.45) is 0 Å². The van der Waals surface area contributed by atoms with Crippen molar-refractivity contribution in [3.8, 4) is 0 Å². The van der Waals surface area contributed by atoms with Crippen LogP contribution in [0.5, 0.6) is 0 Å². The molecular weight excluding hydrogens is 361 g/mol. The summed E-state index contributed by atoms with van der Waals surface area (Å²) in [5, 5.41) is 3.35. The van der Waals surface area contributed by atoms with Crippen LogP contribution in [0.4, 0.5) is 10.1 Å². The van der Waals surface area contributed by atoms with Gasteiger partial charge in [0.1, 0.15) is 5.82 Å². The summed E-state index contributed by atoms with van der Waals surface area (Å²) in [4.78, 5) is 11.7. The van der Waals surface area contributed by atoms with Crippen LogP contribution in [0.3, 0.4) is 0 Å². The summed E-state index contributed by atoms with van der Waals surface area (Å²) in [5.41, 5.74) is 1.80. The number of hydrogen-bond donors (Lipinski definition) is 1. The van der Waals surface area contributed by atoms with Crippen LogP contribution in [0.15, 0.2) is 40.9 Å². The van der Waals surface area contributed by atoms with Gasteiger partial charge in [-0.2, -0.15) is 0 Å². The number of halogens is 3. The maximum absolute atomic E-state index is 13.2. The minimum absolute atomic E-state index is 0.262. The van der Waals surface area contributed by atoms with E-state index in [-0.39, 0.29) is 5.02 Å². The average Bonchev–Trinajstić information content (AvgIpc) is 2.45. The predicted molar refractivity (Wildman–Crippen MR) is 84.2 cm³/mol. The van der Waals surface area contributed by atoms with Crippen molar-refractivity contribution in [2.75, 3.05) is 12.4 Å². The van der Waals surface area contributed by atoms with E-state index in [0.29, 0.717) is 22.3 Å². The smallest absolute Gasteiger partial charge is 0.338 e. The number of ether oxygens (including phenoxy) is 1. The van der Waals surface area contributed by atoms with Crippen molar-refractivity contribution in [1.29, 1.82) is 0 Å². The Balaban J connectivity index is 2.23. The molecule has 0 atom stereocenters. The lowest BCUT2D eigenvalue weighted by atomic mass is 10.1. The molecule has 2 rings (SSSR count). The molecule has 0 spiro atoms. The van der Waals surface area contributed by atoms with Crippen LogP contribution in [-0.4, -0.2) is 13.1 Å². The number of carbonyl (C=O) groups is 1. The molecule has 6 heteroatoms. The number of methoxy groups -OCH3 is 1. The third-order valence-electron chi connectivity index (χ3n) is 2.89. The van der Waals surface area contributed by atoms with Crippen LogP contribution < -0.4 is 5.32 Å². The first kappa shape index (κ1) is 15.8. The van der Waals surface area contributed by atoms with E-state index in [4.69, 9.17) is 16.3 Å². The number of nitrogens with one attached hydrogen (secondary N) is 1. The minimum Gasteiger partial charge on any atom is -0.465 e. The van der Waals surface area contributed by atoms with Gasteiger partial charge in [0.05, 0.1) is 23.4 Å². The first-order valence-corrected chi connectivity index (χ1v) is 7.24. The molecule has 0 aliphatic heterocycles. The molecule has 0 aliphatic rings. The molecule has 0 saturated heterocycles. The fourth-order valence-electron chi connectivity index (χ4n) is 1.88. The van der Waals surface area contributed by atoms with E-state index in [1.807, 2.05) is 12.1 Å². The summed E-state index contributed by atoms with van der Waals surface area (Å²) in [6.07, 6.45) is 0. The fraction of sp³-hybridized carbons (Fsp3) is 0.133. The highest BCUT2D eigenvalue weighted by Crippen LogP contribution is 2.32. The van der Waals surface area contributed by atoms with Crippen molar-refractivity contribution < 1.29 is 13.9 Å². The first-order chi connectivity index (χ1) is 10.0. The Kier molecular flexibility index (Phi) is 5.20. The molecule has 0 unspecified atom stereocenters. The van der Waals surface area contributed by atoms with Gasteiger partial charge in [-0.05, 0) is 39.7 Å². The van der Waals surface area contributed by atoms with Crippen LogP contribution in [-0.2, 0) is 11.3 Å². The summed E-state index contributed by atoms with van der Waals surface area (Å²) in [7, 11) is 1.33. The fourth-order valence-corrected chi connectivity index (χ4v) is 2.84. The van der Waals surface area contributed by atoms with Crippen LogP contribution in [0.25, 0.3) is 0 Å². The summed E-state index contributed by atoms with van der Waals surface area (Å²) in [6.45, 7) is 0.356. The quantitative estimate of drug-likeness (QED) is 0.795. The Hall–Kier alpha value is -1.59. The van der Waals surface area contributed by atoms with Gasteiger partial charge in [0.15, 0.2) is 0 Å². The normalized spacial score (nSPS) is 10.3. The standard InChI is InChI=1S/C15H12BrClFNO2/c1-21-15(20)11-5-3-2-4-9(11)8-19-14-12(16)6-10(18)7-13(14)17/h2-7,19H,8H2,1H3. The number of benzene rings is 2. The summed E-state index contributed by atoms with van der Waals surface area (Å²) in [5.74, 6) is -0.830. The van der Waals surface area contributed by atoms with Crippen LogP contribution in [0.2, 0.25) is 5.02 Å².